The first-order valence-corrected chi connectivity index (χ1v) is 5.33. The molecule has 0 unspecified atom stereocenters. The van der Waals surface area contributed by atoms with Crippen LogP contribution >= 0.6 is 0 Å². The lowest BCUT2D eigenvalue weighted by Gasteiger charge is -2.31. The molecule has 1 aliphatic heterocycles. The van der Waals surface area contributed by atoms with Crippen LogP contribution in [0.5, 0.6) is 5.75 Å². The summed E-state index contributed by atoms with van der Waals surface area (Å²) in [4.78, 5) is 2.44. The minimum Gasteiger partial charge on any atom is -0.494 e. The van der Waals surface area contributed by atoms with Gasteiger partial charge in [-0.05, 0) is 32.5 Å². The van der Waals surface area contributed by atoms with Crippen molar-refractivity contribution in [2.45, 2.75) is 19.9 Å². The Balaban J connectivity index is 2.05. The smallest absolute Gasteiger partial charge is 0.123 e. The third kappa shape index (κ3) is 2.07. The van der Waals surface area contributed by atoms with E-state index >= 15 is 0 Å². The second-order valence-electron chi connectivity index (χ2n) is 3.67. The number of ether oxygens (including phenoxy) is 1. The molecule has 0 aromatic heterocycles. The monoisotopic (exact) mass is 191 g/mol. The highest BCUT2D eigenvalue weighted by Gasteiger charge is 2.15. The molecule has 0 N–H and O–H groups in total. The summed E-state index contributed by atoms with van der Waals surface area (Å²) in [6, 6.07) is 8.32. The lowest BCUT2D eigenvalue weighted by atomic mass is 10.1. The lowest BCUT2D eigenvalue weighted by molar-refractivity contribution is 0.170. The number of hydrogen-bond acceptors (Lipinski definition) is 2. The average molecular weight is 191 g/mol. The fourth-order valence-electron chi connectivity index (χ4n) is 1.71. The molecule has 0 amide bonds. The van der Waals surface area contributed by atoms with Crippen molar-refractivity contribution in [3.8, 4) is 5.75 Å². The predicted octanol–water partition coefficient (Wildman–Crippen LogP) is 2.29. The first-order chi connectivity index (χ1) is 6.90. The average Bonchev–Trinajstić information content (AvgIpc) is 2.14. The van der Waals surface area contributed by atoms with E-state index < -0.39 is 0 Å². The first-order valence-electron chi connectivity index (χ1n) is 5.33. The molecule has 76 valence electrons. The first kappa shape index (κ1) is 9.53. The van der Waals surface area contributed by atoms with Gasteiger partial charge in [0.2, 0.25) is 0 Å². The number of rotatable bonds is 4. The molecule has 0 atom stereocenters. The van der Waals surface area contributed by atoms with Crippen molar-refractivity contribution in [1.29, 1.82) is 0 Å². The molecule has 0 bridgehead atoms. The Kier molecular flexibility index (Phi) is 3.04. The van der Waals surface area contributed by atoms with Crippen LogP contribution in [0.25, 0.3) is 0 Å². The molecule has 1 saturated heterocycles. The summed E-state index contributed by atoms with van der Waals surface area (Å²) < 4.78 is 5.58. The summed E-state index contributed by atoms with van der Waals surface area (Å²) in [6.07, 6.45) is 1.34. The van der Waals surface area contributed by atoms with Crippen LogP contribution in [0, 0.1) is 0 Å². The molecule has 2 rings (SSSR count). The second-order valence-corrected chi connectivity index (χ2v) is 3.67. The Hall–Kier alpha value is -1.02. The molecule has 1 heterocycles. The van der Waals surface area contributed by atoms with Gasteiger partial charge in [-0.3, -0.25) is 4.90 Å². The van der Waals surface area contributed by atoms with Crippen LogP contribution in [0.15, 0.2) is 24.3 Å². The molecule has 0 spiro atoms. The predicted molar refractivity (Wildman–Crippen MR) is 57.5 cm³/mol. The zero-order valence-corrected chi connectivity index (χ0v) is 8.70. The van der Waals surface area contributed by atoms with Crippen molar-refractivity contribution in [1.82, 2.24) is 4.90 Å². The maximum absolute atomic E-state index is 5.58. The largest absolute Gasteiger partial charge is 0.494 e. The van der Waals surface area contributed by atoms with Gasteiger partial charge < -0.3 is 4.74 Å². The van der Waals surface area contributed by atoms with E-state index in [1.165, 1.54) is 25.1 Å². The summed E-state index contributed by atoms with van der Waals surface area (Å²) in [5.41, 5.74) is 1.31. The zero-order valence-electron chi connectivity index (χ0n) is 8.70. The highest BCUT2D eigenvalue weighted by Crippen LogP contribution is 2.21. The fourth-order valence-corrected chi connectivity index (χ4v) is 1.71. The van der Waals surface area contributed by atoms with Gasteiger partial charge in [-0.25, -0.2) is 0 Å². The maximum Gasteiger partial charge on any atom is 0.123 e. The van der Waals surface area contributed by atoms with E-state index in [-0.39, 0.29) is 0 Å². The Morgan fingerprint density at radius 2 is 2.07 bits per heavy atom. The number of likely N-dealkylation sites (tertiary alicyclic amines) is 1. The molecule has 2 nitrogen and oxygen atoms in total. The van der Waals surface area contributed by atoms with Crippen LogP contribution in [0.1, 0.15) is 18.9 Å². The standard InChI is InChI=1S/C12H17NO/c1-2-14-12-7-4-3-6-11(12)10-13-8-5-9-13/h3-4,6-7H,2,5,8-10H2,1H3. The number of nitrogens with zero attached hydrogens (tertiary/aromatic N) is 1. The molecule has 1 aromatic rings. The molecule has 14 heavy (non-hydrogen) atoms. The van der Waals surface area contributed by atoms with E-state index in [4.69, 9.17) is 4.74 Å². The molecular weight excluding hydrogens is 174 g/mol. The SMILES string of the molecule is CCOc1ccccc1CN1CCC1. The molecule has 0 aliphatic carbocycles. The van der Waals surface area contributed by atoms with E-state index in [0.717, 1.165) is 18.9 Å². The second kappa shape index (κ2) is 4.47. The van der Waals surface area contributed by atoms with Crippen molar-refractivity contribution in [2.75, 3.05) is 19.7 Å². The van der Waals surface area contributed by atoms with E-state index in [0.29, 0.717) is 0 Å². The molecule has 1 fully saturated rings. The zero-order chi connectivity index (χ0) is 9.80. The van der Waals surface area contributed by atoms with E-state index in [9.17, 15) is 0 Å². The van der Waals surface area contributed by atoms with Gasteiger partial charge in [-0.1, -0.05) is 18.2 Å². The molecule has 1 aliphatic rings. The molecule has 0 radical (unpaired) electrons. The van der Waals surface area contributed by atoms with Gasteiger partial charge in [-0.2, -0.15) is 0 Å². The minimum absolute atomic E-state index is 0.747. The highest BCUT2D eigenvalue weighted by molar-refractivity contribution is 5.33. The van der Waals surface area contributed by atoms with E-state index in [1.807, 2.05) is 13.0 Å². The van der Waals surface area contributed by atoms with Crippen LogP contribution in [-0.4, -0.2) is 24.6 Å². The quantitative estimate of drug-likeness (QED) is 0.724. The van der Waals surface area contributed by atoms with Crippen LogP contribution in [0.3, 0.4) is 0 Å². The van der Waals surface area contributed by atoms with E-state index in [1.54, 1.807) is 0 Å². The van der Waals surface area contributed by atoms with Crippen LogP contribution in [0.4, 0.5) is 0 Å². The Labute approximate surface area is 85.5 Å². The van der Waals surface area contributed by atoms with Gasteiger partial charge in [-0.15, -0.1) is 0 Å². The van der Waals surface area contributed by atoms with Crippen molar-refractivity contribution in [3.63, 3.8) is 0 Å². The van der Waals surface area contributed by atoms with E-state index in [2.05, 4.69) is 23.1 Å². The van der Waals surface area contributed by atoms with Gasteiger partial charge in [0, 0.05) is 12.1 Å². The molecule has 2 heteroatoms. The summed E-state index contributed by atoms with van der Waals surface area (Å²) in [7, 11) is 0. The van der Waals surface area contributed by atoms with Gasteiger partial charge >= 0.3 is 0 Å². The van der Waals surface area contributed by atoms with Crippen LogP contribution < -0.4 is 4.74 Å². The summed E-state index contributed by atoms with van der Waals surface area (Å²) in [6.45, 7) is 6.29. The van der Waals surface area contributed by atoms with Crippen molar-refractivity contribution < 1.29 is 4.74 Å². The van der Waals surface area contributed by atoms with Gasteiger partial charge in [0.25, 0.3) is 0 Å². The minimum atomic E-state index is 0.747. The van der Waals surface area contributed by atoms with Crippen molar-refractivity contribution in [2.24, 2.45) is 0 Å². The molecule has 0 saturated carbocycles. The highest BCUT2D eigenvalue weighted by atomic mass is 16.5. The summed E-state index contributed by atoms with van der Waals surface area (Å²) >= 11 is 0. The van der Waals surface area contributed by atoms with Gasteiger partial charge in [0.1, 0.15) is 5.75 Å². The normalized spacial score (nSPS) is 16.4. The van der Waals surface area contributed by atoms with Gasteiger partial charge in [0.05, 0.1) is 6.61 Å². The summed E-state index contributed by atoms with van der Waals surface area (Å²) in [5.74, 6) is 1.04. The molecular formula is C12H17NO. The van der Waals surface area contributed by atoms with Crippen molar-refractivity contribution >= 4 is 0 Å². The van der Waals surface area contributed by atoms with Crippen LogP contribution in [0.2, 0.25) is 0 Å². The number of para-hydroxylation sites is 1. The Bertz CT molecular complexity index is 294. The third-order valence-electron chi connectivity index (χ3n) is 2.62. The fraction of sp³-hybridized carbons (Fsp3) is 0.500. The Morgan fingerprint density at radius 3 is 2.71 bits per heavy atom. The topological polar surface area (TPSA) is 12.5 Å². The van der Waals surface area contributed by atoms with Crippen molar-refractivity contribution in [3.05, 3.63) is 29.8 Å². The third-order valence-corrected chi connectivity index (χ3v) is 2.62. The lowest BCUT2D eigenvalue weighted by Crippen LogP contribution is -2.36. The maximum atomic E-state index is 5.58. The number of benzene rings is 1. The van der Waals surface area contributed by atoms with Gasteiger partial charge in [0.15, 0.2) is 0 Å². The van der Waals surface area contributed by atoms with Crippen LogP contribution in [-0.2, 0) is 6.54 Å². The number of hydrogen-bond donors (Lipinski definition) is 0. The summed E-state index contributed by atoms with van der Waals surface area (Å²) in [5, 5.41) is 0. The Morgan fingerprint density at radius 1 is 1.29 bits per heavy atom. The molecule has 1 aromatic carbocycles.